The van der Waals surface area contributed by atoms with E-state index in [-0.39, 0.29) is 11.9 Å². The van der Waals surface area contributed by atoms with Gasteiger partial charge in [0.05, 0.1) is 0 Å². The Morgan fingerprint density at radius 2 is 2.21 bits per heavy atom. The molecule has 0 bridgehead atoms. The average Bonchev–Trinajstić information content (AvgIpc) is 2.39. The summed E-state index contributed by atoms with van der Waals surface area (Å²) in [7, 11) is 0. The van der Waals surface area contributed by atoms with Gasteiger partial charge in [-0.05, 0) is 51.8 Å². The predicted octanol–water partition coefficient (Wildman–Crippen LogP) is 3.88. The molecule has 1 N–H and O–H groups in total. The summed E-state index contributed by atoms with van der Waals surface area (Å²) in [5.41, 5.74) is 1.89. The maximum Gasteiger partial charge on any atom is 0.130 e. The predicted molar refractivity (Wildman–Crippen MR) is 79.2 cm³/mol. The fourth-order valence-corrected chi connectivity index (χ4v) is 3.07. The van der Waals surface area contributed by atoms with Gasteiger partial charge in [-0.25, -0.2) is 4.39 Å². The molecule has 1 aromatic rings. The molecule has 1 aliphatic rings. The Bertz CT molecular complexity index is 419. The van der Waals surface area contributed by atoms with E-state index in [0.29, 0.717) is 6.04 Å². The van der Waals surface area contributed by atoms with Crippen LogP contribution in [0.4, 0.5) is 10.1 Å². The molecule has 2 unspecified atom stereocenters. The minimum atomic E-state index is -0.0938. The van der Waals surface area contributed by atoms with E-state index in [1.165, 1.54) is 19.3 Å². The lowest BCUT2D eigenvalue weighted by molar-refractivity contribution is 0.476. The maximum atomic E-state index is 14.2. The molecule has 0 saturated carbocycles. The lowest BCUT2D eigenvalue weighted by atomic mass is 9.98. The first-order chi connectivity index (χ1) is 9.15. The van der Waals surface area contributed by atoms with Crippen molar-refractivity contribution in [1.82, 2.24) is 5.32 Å². The normalized spacial score (nSPS) is 21.5. The lowest BCUT2D eigenvalue weighted by Crippen LogP contribution is -2.38. The highest BCUT2D eigenvalue weighted by Gasteiger charge is 2.24. The van der Waals surface area contributed by atoms with E-state index >= 15 is 0 Å². The second kappa shape index (κ2) is 6.38. The molecule has 1 heterocycles. The molecule has 0 amide bonds. The van der Waals surface area contributed by atoms with Gasteiger partial charge in [-0.3, -0.25) is 0 Å². The highest BCUT2D eigenvalue weighted by atomic mass is 19.1. The molecule has 1 saturated heterocycles. The van der Waals surface area contributed by atoms with Crippen molar-refractivity contribution in [2.45, 2.75) is 52.1 Å². The fourth-order valence-electron chi connectivity index (χ4n) is 3.07. The lowest BCUT2D eigenvalue weighted by Gasteiger charge is -2.37. The summed E-state index contributed by atoms with van der Waals surface area (Å²) >= 11 is 0. The standard InChI is InChI=1S/C16H25FN2/c1-4-18-13(3)16-14(17)9-7-10-15(16)19-11-6-5-8-12(19)2/h7,9-10,12-13,18H,4-6,8,11H2,1-3H3. The van der Waals surface area contributed by atoms with Crippen LogP contribution in [0.3, 0.4) is 0 Å². The molecule has 1 aromatic carbocycles. The summed E-state index contributed by atoms with van der Waals surface area (Å²) < 4.78 is 14.2. The van der Waals surface area contributed by atoms with Crippen LogP contribution in [0.25, 0.3) is 0 Å². The number of hydrogen-bond acceptors (Lipinski definition) is 2. The van der Waals surface area contributed by atoms with Gasteiger partial charge < -0.3 is 10.2 Å². The number of benzene rings is 1. The zero-order chi connectivity index (χ0) is 13.8. The second-order valence-corrected chi connectivity index (χ2v) is 5.49. The van der Waals surface area contributed by atoms with Crippen molar-refractivity contribution < 1.29 is 4.39 Å². The molecule has 106 valence electrons. The Kier molecular flexibility index (Phi) is 4.81. The van der Waals surface area contributed by atoms with E-state index in [4.69, 9.17) is 0 Å². The zero-order valence-corrected chi connectivity index (χ0v) is 12.2. The summed E-state index contributed by atoms with van der Waals surface area (Å²) in [6.07, 6.45) is 3.69. The first-order valence-electron chi connectivity index (χ1n) is 7.43. The molecular formula is C16H25FN2. The van der Waals surface area contributed by atoms with Crippen LogP contribution in [0, 0.1) is 5.82 Å². The number of anilines is 1. The zero-order valence-electron chi connectivity index (χ0n) is 12.2. The van der Waals surface area contributed by atoms with Gasteiger partial charge in [0, 0.05) is 29.9 Å². The summed E-state index contributed by atoms with van der Waals surface area (Å²) in [4.78, 5) is 2.37. The Morgan fingerprint density at radius 1 is 1.42 bits per heavy atom. The maximum absolute atomic E-state index is 14.2. The third-order valence-corrected chi connectivity index (χ3v) is 4.09. The Hall–Kier alpha value is -1.09. The Morgan fingerprint density at radius 3 is 2.89 bits per heavy atom. The van der Waals surface area contributed by atoms with Crippen molar-refractivity contribution in [1.29, 1.82) is 0 Å². The van der Waals surface area contributed by atoms with Gasteiger partial charge in [-0.15, -0.1) is 0 Å². The van der Waals surface area contributed by atoms with Crippen molar-refractivity contribution in [2.75, 3.05) is 18.0 Å². The highest BCUT2D eigenvalue weighted by molar-refractivity contribution is 5.56. The van der Waals surface area contributed by atoms with Crippen LogP contribution in [-0.2, 0) is 0 Å². The molecular weight excluding hydrogens is 239 g/mol. The van der Waals surface area contributed by atoms with Crippen LogP contribution < -0.4 is 10.2 Å². The largest absolute Gasteiger partial charge is 0.368 e. The summed E-state index contributed by atoms with van der Waals surface area (Å²) in [6.45, 7) is 8.23. The van der Waals surface area contributed by atoms with Gasteiger partial charge in [-0.1, -0.05) is 13.0 Å². The van der Waals surface area contributed by atoms with Gasteiger partial charge >= 0.3 is 0 Å². The third-order valence-electron chi connectivity index (χ3n) is 4.09. The molecule has 0 aliphatic carbocycles. The molecule has 0 radical (unpaired) electrons. The van der Waals surface area contributed by atoms with Crippen molar-refractivity contribution in [3.8, 4) is 0 Å². The van der Waals surface area contributed by atoms with E-state index in [9.17, 15) is 4.39 Å². The van der Waals surface area contributed by atoms with E-state index in [0.717, 1.165) is 24.3 Å². The molecule has 2 rings (SSSR count). The molecule has 0 spiro atoms. The van der Waals surface area contributed by atoms with Crippen LogP contribution in [0.1, 0.15) is 51.6 Å². The van der Waals surface area contributed by atoms with Gasteiger partial charge in [0.15, 0.2) is 0 Å². The first kappa shape index (κ1) is 14.3. The molecule has 2 nitrogen and oxygen atoms in total. The number of nitrogens with one attached hydrogen (secondary N) is 1. The number of piperidine rings is 1. The van der Waals surface area contributed by atoms with E-state index < -0.39 is 0 Å². The minimum absolute atomic E-state index is 0.0512. The van der Waals surface area contributed by atoms with Gasteiger partial charge in [0.2, 0.25) is 0 Å². The average molecular weight is 264 g/mol. The van der Waals surface area contributed by atoms with Gasteiger partial charge in [0.25, 0.3) is 0 Å². The molecule has 19 heavy (non-hydrogen) atoms. The molecule has 3 heteroatoms. The molecule has 2 atom stereocenters. The Balaban J connectivity index is 2.35. The van der Waals surface area contributed by atoms with Crippen LogP contribution in [0.5, 0.6) is 0 Å². The van der Waals surface area contributed by atoms with Gasteiger partial charge in [-0.2, -0.15) is 0 Å². The number of rotatable bonds is 4. The van der Waals surface area contributed by atoms with Crippen molar-refractivity contribution in [3.63, 3.8) is 0 Å². The smallest absolute Gasteiger partial charge is 0.130 e. The van der Waals surface area contributed by atoms with Crippen molar-refractivity contribution >= 4 is 5.69 Å². The fraction of sp³-hybridized carbons (Fsp3) is 0.625. The van der Waals surface area contributed by atoms with Crippen LogP contribution in [0.2, 0.25) is 0 Å². The highest BCUT2D eigenvalue weighted by Crippen LogP contribution is 2.33. The number of nitrogens with zero attached hydrogens (tertiary/aromatic N) is 1. The van der Waals surface area contributed by atoms with E-state index in [2.05, 4.69) is 30.1 Å². The molecule has 1 aliphatic heterocycles. The summed E-state index contributed by atoms with van der Waals surface area (Å²) in [5.74, 6) is -0.0938. The van der Waals surface area contributed by atoms with Crippen molar-refractivity contribution in [2.24, 2.45) is 0 Å². The first-order valence-corrected chi connectivity index (χ1v) is 7.43. The number of halogens is 1. The molecule has 0 aromatic heterocycles. The Labute approximate surface area is 116 Å². The van der Waals surface area contributed by atoms with Gasteiger partial charge in [0.1, 0.15) is 5.82 Å². The third kappa shape index (κ3) is 3.08. The van der Waals surface area contributed by atoms with Crippen LogP contribution in [0.15, 0.2) is 18.2 Å². The molecule has 1 fully saturated rings. The second-order valence-electron chi connectivity index (χ2n) is 5.49. The topological polar surface area (TPSA) is 15.3 Å². The summed E-state index contributed by atoms with van der Waals surface area (Å²) in [6, 6.07) is 6.02. The summed E-state index contributed by atoms with van der Waals surface area (Å²) in [5, 5.41) is 3.33. The van der Waals surface area contributed by atoms with Crippen molar-refractivity contribution in [3.05, 3.63) is 29.6 Å². The quantitative estimate of drug-likeness (QED) is 0.888. The monoisotopic (exact) mass is 264 g/mol. The van der Waals surface area contributed by atoms with E-state index in [1.807, 2.05) is 13.0 Å². The van der Waals surface area contributed by atoms with Crippen LogP contribution >= 0.6 is 0 Å². The van der Waals surface area contributed by atoms with Crippen LogP contribution in [-0.4, -0.2) is 19.1 Å². The minimum Gasteiger partial charge on any atom is -0.368 e. The SMILES string of the molecule is CCNC(C)c1c(F)cccc1N1CCCCC1C. The van der Waals surface area contributed by atoms with E-state index in [1.54, 1.807) is 6.07 Å². The number of hydrogen-bond donors (Lipinski definition) is 1.